The van der Waals surface area contributed by atoms with Gasteiger partial charge in [0.2, 0.25) is 11.8 Å². The summed E-state index contributed by atoms with van der Waals surface area (Å²) in [5, 5.41) is 5.79. The highest BCUT2D eigenvalue weighted by Crippen LogP contribution is 2.16. The van der Waals surface area contributed by atoms with Crippen molar-refractivity contribution in [2.45, 2.75) is 32.2 Å². The second-order valence-corrected chi connectivity index (χ2v) is 4.00. The van der Waals surface area contributed by atoms with Crippen LogP contribution in [0.15, 0.2) is 0 Å². The van der Waals surface area contributed by atoms with E-state index in [-0.39, 0.29) is 11.8 Å². The molecule has 0 aromatic carbocycles. The van der Waals surface area contributed by atoms with Crippen molar-refractivity contribution in [2.24, 2.45) is 11.7 Å². The Morgan fingerprint density at radius 1 is 1.40 bits per heavy atom. The SMILES string of the molecule is CCC(CC)(NC(=O)C1CNC1)C(N)=O. The molecule has 2 amide bonds. The molecule has 0 radical (unpaired) electrons. The molecule has 0 saturated carbocycles. The molecule has 0 spiro atoms. The molecule has 0 unspecified atom stereocenters. The van der Waals surface area contributed by atoms with E-state index in [2.05, 4.69) is 10.6 Å². The van der Waals surface area contributed by atoms with Crippen LogP contribution in [0.1, 0.15) is 26.7 Å². The van der Waals surface area contributed by atoms with Crippen LogP contribution in [0.25, 0.3) is 0 Å². The van der Waals surface area contributed by atoms with E-state index in [1.54, 1.807) is 0 Å². The maximum Gasteiger partial charge on any atom is 0.243 e. The first kappa shape index (κ1) is 12.0. The minimum Gasteiger partial charge on any atom is -0.368 e. The van der Waals surface area contributed by atoms with Crippen molar-refractivity contribution in [1.82, 2.24) is 10.6 Å². The Bertz CT molecular complexity index is 257. The van der Waals surface area contributed by atoms with Gasteiger partial charge in [0.1, 0.15) is 5.54 Å². The van der Waals surface area contributed by atoms with Gasteiger partial charge in [-0.15, -0.1) is 0 Å². The summed E-state index contributed by atoms with van der Waals surface area (Å²) in [6.07, 6.45) is 1.06. The second-order valence-electron chi connectivity index (χ2n) is 4.00. The molecular weight excluding hydrogens is 194 g/mol. The predicted molar refractivity (Wildman–Crippen MR) is 57.0 cm³/mol. The van der Waals surface area contributed by atoms with Crippen LogP contribution < -0.4 is 16.4 Å². The summed E-state index contributed by atoms with van der Waals surface area (Å²) in [6, 6.07) is 0. The van der Waals surface area contributed by atoms with E-state index in [9.17, 15) is 9.59 Å². The summed E-state index contributed by atoms with van der Waals surface area (Å²) in [5.41, 5.74) is 4.46. The Labute approximate surface area is 89.8 Å². The van der Waals surface area contributed by atoms with Crippen molar-refractivity contribution in [3.05, 3.63) is 0 Å². The van der Waals surface area contributed by atoms with Gasteiger partial charge >= 0.3 is 0 Å². The van der Waals surface area contributed by atoms with E-state index >= 15 is 0 Å². The van der Waals surface area contributed by atoms with Gasteiger partial charge in [-0.25, -0.2) is 0 Å². The number of carbonyl (C=O) groups is 2. The zero-order chi connectivity index (χ0) is 11.5. The lowest BCUT2D eigenvalue weighted by Gasteiger charge is -2.34. The summed E-state index contributed by atoms with van der Waals surface area (Å²) >= 11 is 0. The quantitative estimate of drug-likeness (QED) is 0.568. The molecule has 1 saturated heterocycles. The molecule has 5 nitrogen and oxygen atoms in total. The molecule has 1 aliphatic heterocycles. The second kappa shape index (κ2) is 4.61. The average molecular weight is 213 g/mol. The van der Waals surface area contributed by atoms with Crippen LogP contribution in [0.5, 0.6) is 0 Å². The third-order valence-corrected chi connectivity index (χ3v) is 3.19. The molecule has 1 aliphatic rings. The Morgan fingerprint density at radius 3 is 2.20 bits per heavy atom. The third kappa shape index (κ3) is 2.28. The van der Waals surface area contributed by atoms with Gasteiger partial charge in [-0.3, -0.25) is 9.59 Å². The summed E-state index contributed by atoms with van der Waals surface area (Å²) in [5.74, 6) is -0.536. The molecule has 1 fully saturated rings. The van der Waals surface area contributed by atoms with Crippen molar-refractivity contribution < 1.29 is 9.59 Å². The Balaban J connectivity index is 2.64. The largest absolute Gasteiger partial charge is 0.368 e. The highest BCUT2D eigenvalue weighted by Gasteiger charge is 2.37. The lowest BCUT2D eigenvalue weighted by molar-refractivity contribution is -0.135. The molecule has 1 rings (SSSR count). The van der Waals surface area contributed by atoms with Crippen molar-refractivity contribution in [3.63, 3.8) is 0 Å². The van der Waals surface area contributed by atoms with E-state index in [1.165, 1.54) is 0 Å². The van der Waals surface area contributed by atoms with E-state index in [0.717, 1.165) is 0 Å². The molecule has 0 aromatic rings. The average Bonchev–Trinajstić information content (AvgIpc) is 2.11. The van der Waals surface area contributed by atoms with Crippen LogP contribution >= 0.6 is 0 Å². The number of hydrogen-bond donors (Lipinski definition) is 3. The van der Waals surface area contributed by atoms with Crippen LogP contribution in [-0.4, -0.2) is 30.4 Å². The first-order valence-electron chi connectivity index (χ1n) is 5.38. The summed E-state index contributed by atoms with van der Waals surface area (Å²) in [7, 11) is 0. The number of hydrogen-bond acceptors (Lipinski definition) is 3. The Kier molecular flexibility index (Phi) is 3.68. The summed E-state index contributed by atoms with van der Waals surface area (Å²) in [4.78, 5) is 23.0. The highest BCUT2D eigenvalue weighted by atomic mass is 16.2. The van der Waals surface area contributed by atoms with Crippen LogP contribution in [0.3, 0.4) is 0 Å². The van der Waals surface area contributed by atoms with Crippen LogP contribution in [0.4, 0.5) is 0 Å². The molecule has 15 heavy (non-hydrogen) atoms. The molecule has 0 aliphatic carbocycles. The lowest BCUT2D eigenvalue weighted by atomic mass is 9.90. The number of primary amides is 1. The maximum atomic E-state index is 11.7. The molecule has 1 heterocycles. The molecular formula is C10H19N3O2. The van der Waals surface area contributed by atoms with E-state index in [0.29, 0.717) is 25.9 Å². The molecule has 0 bridgehead atoms. The van der Waals surface area contributed by atoms with Crippen LogP contribution in [-0.2, 0) is 9.59 Å². The van der Waals surface area contributed by atoms with Gasteiger partial charge < -0.3 is 16.4 Å². The maximum absolute atomic E-state index is 11.7. The van der Waals surface area contributed by atoms with Gasteiger partial charge in [-0.05, 0) is 12.8 Å². The van der Waals surface area contributed by atoms with Gasteiger partial charge in [0.15, 0.2) is 0 Å². The molecule has 4 N–H and O–H groups in total. The Hall–Kier alpha value is -1.10. The zero-order valence-electron chi connectivity index (χ0n) is 9.30. The molecule has 0 aromatic heterocycles. The summed E-state index contributed by atoms with van der Waals surface area (Å²) in [6.45, 7) is 5.09. The van der Waals surface area contributed by atoms with E-state index in [4.69, 9.17) is 5.73 Å². The van der Waals surface area contributed by atoms with Gasteiger partial charge in [-0.2, -0.15) is 0 Å². The summed E-state index contributed by atoms with van der Waals surface area (Å²) < 4.78 is 0. The highest BCUT2D eigenvalue weighted by molar-refractivity contribution is 5.91. The van der Waals surface area contributed by atoms with Crippen molar-refractivity contribution >= 4 is 11.8 Å². The fourth-order valence-corrected chi connectivity index (χ4v) is 1.65. The van der Waals surface area contributed by atoms with Gasteiger partial charge in [-0.1, -0.05) is 13.8 Å². The molecule has 86 valence electrons. The monoisotopic (exact) mass is 213 g/mol. The van der Waals surface area contributed by atoms with Gasteiger partial charge in [0.05, 0.1) is 5.92 Å². The van der Waals surface area contributed by atoms with E-state index < -0.39 is 11.4 Å². The first-order valence-corrected chi connectivity index (χ1v) is 5.38. The van der Waals surface area contributed by atoms with Gasteiger partial charge in [0, 0.05) is 13.1 Å². The topological polar surface area (TPSA) is 84.2 Å². The smallest absolute Gasteiger partial charge is 0.243 e. The van der Waals surface area contributed by atoms with Gasteiger partial charge in [0.25, 0.3) is 0 Å². The molecule has 0 atom stereocenters. The normalized spacial score (nSPS) is 16.9. The zero-order valence-corrected chi connectivity index (χ0v) is 9.30. The fourth-order valence-electron chi connectivity index (χ4n) is 1.65. The lowest BCUT2D eigenvalue weighted by Crippen LogP contribution is -2.61. The van der Waals surface area contributed by atoms with Crippen molar-refractivity contribution in [1.29, 1.82) is 0 Å². The first-order chi connectivity index (χ1) is 7.05. The standard InChI is InChI=1S/C10H19N3O2/c1-3-10(4-2,9(11)15)13-8(14)7-5-12-6-7/h7,12H,3-6H2,1-2H3,(H2,11,15)(H,13,14). The number of nitrogens with two attached hydrogens (primary N) is 1. The number of rotatable bonds is 5. The van der Waals surface area contributed by atoms with Crippen LogP contribution in [0.2, 0.25) is 0 Å². The number of carbonyl (C=O) groups excluding carboxylic acids is 2. The van der Waals surface area contributed by atoms with Crippen LogP contribution in [0, 0.1) is 5.92 Å². The minimum atomic E-state index is -0.868. The third-order valence-electron chi connectivity index (χ3n) is 3.19. The van der Waals surface area contributed by atoms with Crippen molar-refractivity contribution in [2.75, 3.05) is 13.1 Å². The fraction of sp³-hybridized carbons (Fsp3) is 0.800. The van der Waals surface area contributed by atoms with E-state index in [1.807, 2.05) is 13.8 Å². The minimum absolute atomic E-state index is 0.0122. The van der Waals surface area contributed by atoms with Crippen molar-refractivity contribution in [3.8, 4) is 0 Å². The Morgan fingerprint density at radius 2 is 1.93 bits per heavy atom. The molecule has 5 heteroatoms. The predicted octanol–water partition coefficient (Wildman–Crippen LogP) is -0.634. The number of nitrogens with one attached hydrogen (secondary N) is 2. The number of amides is 2.